The molecule has 0 aliphatic rings. The van der Waals surface area contributed by atoms with Crippen molar-refractivity contribution in [1.29, 1.82) is 0 Å². The molecular formula is C9H11F4NS. The van der Waals surface area contributed by atoms with Gasteiger partial charge in [-0.2, -0.15) is 13.2 Å². The average Bonchev–Trinajstić information content (AvgIpc) is 2.12. The summed E-state index contributed by atoms with van der Waals surface area (Å²) >= 11 is -0.501. The Morgan fingerprint density at radius 3 is 2.20 bits per heavy atom. The Hall–Kier alpha value is -0.780. The number of hydrogen-bond acceptors (Lipinski definition) is 2. The minimum Gasteiger partial charge on any atom is -0.260 e. The first-order chi connectivity index (χ1) is 6.88. The molecule has 86 valence electrons. The third kappa shape index (κ3) is 5.61. The lowest BCUT2D eigenvalue weighted by atomic mass is 10.4. The number of alkyl halides is 3. The smallest absolute Gasteiger partial charge is 0.260 e. The Bertz CT molecular complexity index is 311. The molecule has 0 atom stereocenters. The van der Waals surface area contributed by atoms with Gasteiger partial charge in [-0.3, -0.25) is 4.98 Å². The van der Waals surface area contributed by atoms with Gasteiger partial charge in [-0.05, 0) is 24.8 Å². The molecule has 0 aromatic carbocycles. The van der Waals surface area contributed by atoms with Gasteiger partial charge in [0, 0.05) is 11.9 Å². The van der Waals surface area contributed by atoms with Crippen molar-refractivity contribution < 1.29 is 17.6 Å². The summed E-state index contributed by atoms with van der Waals surface area (Å²) in [6.45, 7) is 5.51. The Labute approximate surface area is 89.9 Å². The van der Waals surface area contributed by atoms with Crippen LogP contribution in [0.2, 0.25) is 0 Å². The minimum absolute atomic E-state index is 0.351. The van der Waals surface area contributed by atoms with Crippen LogP contribution < -0.4 is 0 Å². The number of nitrogens with zero attached hydrogens (tertiary/aromatic N) is 1. The van der Waals surface area contributed by atoms with Gasteiger partial charge in [0.05, 0.1) is 4.90 Å². The third-order valence-corrected chi connectivity index (χ3v) is 1.93. The second kappa shape index (κ2) is 5.95. The molecule has 0 amide bonds. The maximum absolute atomic E-state index is 12.8. The molecule has 1 aromatic rings. The molecule has 0 aliphatic heterocycles. The number of rotatable bonds is 1. The number of halogens is 4. The molecular weight excluding hydrogens is 230 g/mol. The van der Waals surface area contributed by atoms with Gasteiger partial charge >= 0.3 is 5.51 Å². The van der Waals surface area contributed by atoms with E-state index in [1.165, 1.54) is 6.92 Å². The van der Waals surface area contributed by atoms with Crippen LogP contribution in [-0.4, -0.2) is 10.5 Å². The monoisotopic (exact) mass is 241 g/mol. The van der Waals surface area contributed by atoms with Crippen LogP contribution in [0.5, 0.6) is 0 Å². The van der Waals surface area contributed by atoms with Gasteiger partial charge in [-0.15, -0.1) is 0 Å². The molecule has 0 unspecified atom stereocenters. The fraction of sp³-hybridized carbons (Fsp3) is 0.444. The fourth-order valence-corrected chi connectivity index (χ4v) is 1.22. The van der Waals surface area contributed by atoms with Crippen molar-refractivity contribution in [3.8, 4) is 0 Å². The molecule has 0 saturated carbocycles. The predicted molar refractivity (Wildman–Crippen MR) is 52.2 cm³/mol. The second-order valence-corrected chi connectivity index (χ2v) is 3.41. The predicted octanol–water partition coefficient (Wildman–Crippen LogP) is 4.17. The fourth-order valence-electron chi connectivity index (χ4n) is 0.714. The van der Waals surface area contributed by atoms with Crippen LogP contribution in [0, 0.1) is 12.7 Å². The van der Waals surface area contributed by atoms with E-state index in [9.17, 15) is 17.6 Å². The summed E-state index contributed by atoms with van der Waals surface area (Å²) in [5.41, 5.74) is -4.12. The highest BCUT2D eigenvalue weighted by molar-refractivity contribution is 8.00. The van der Waals surface area contributed by atoms with Crippen molar-refractivity contribution in [2.75, 3.05) is 0 Å². The quantitative estimate of drug-likeness (QED) is 0.540. The van der Waals surface area contributed by atoms with Crippen LogP contribution in [0.1, 0.15) is 19.5 Å². The Morgan fingerprint density at radius 1 is 1.27 bits per heavy atom. The highest BCUT2D eigenvalue weighted by Crippen LogP contribution is 2.37. The average molecular weight is 241 g/mol. The lowest BCUT2D eigenvalue weighted by Gasteiger charge is -2.05. The topological polar surface area (TPSA) is 12.9 Å². The maximum atomic E-state index is 12.8. The number of aryl methyl sites for hydroxylation is 1. The van der Waals surface area contributed by atoms with Gasteiger partial charge in [0.2, 0.25) is 0 Å². The standard InChI is InChI=1S/C7H5F4NS.C2H6/c1-4-2-5(8)6(3-12-4)13-7(9,10)11;1-2/h2-3H,1H3;1-2H3. The summed E-state index contributed by atoms with van der Waals surface area (Å²) in [5, 5.41) is 0. The van der Waals surface area contributed by atoms with Gasteiger partial charge in [0.25, 0.3) is 0 Å². The Kier molecular flexibility index (Phi) is 5.64. The lowest BCUT2D eigenvalue weighted by Crippen LogP contribution is -2.01. The van der Waals surface area contributed by atoms with E-state index < -0.39 is 28.0 Å². The maximum Gasteiger partial charge on any atom is 0.446 e. The van der Waals surface area contributed by atoms with Crippen molar-refractivity contribution in [2.45, 2.75) is 31.2 Å². The van der Waals surface area contributed by atoms with Crippen molar-refractivity contribution >= 4 is 11.8 Å². The summed E-state index contributed by atoms with van der Waals surface area (Å²) < 4.78 is 48.2. The third-order valence-electron chi connectivity index (χ3n) is 1.18. The van der Waals surface area contributed by atoms with E-state index in [0.717, 1.165) is 12.3 Å². The first kappa shape index (κ1) is 14.2. The van der Waals surface area contributed by atoms with Crippen LogP contribution in [0.25, 0.3) is 0 Å². The van der Waals surface area contributed by atoms with Crippen molar-refractivity contribution in [2.24, 2.45) is 0 Å². The van der Waals surface area contributed by atoms with Gasteiger partial charge in [-0.1, -0.05) is 13.8 Å². The summed E-state index contributed by atoms with van der Waals surface area (Å²) in [6, 6.07) is 0.966. The summed E-state index contributed by atoms with van der Waals surface area (Å²) in [7, 11) is 0. The van der Waals surface area contributed by atoms with E-state index in [1.807, 2.05) is 13.8 Å². The zero-order chi connectivity index (χ0) is 12.1. The highest BCUT2D eigenvalue weighted by atomic mass is 32.2. The molecule has 0 spiro atoms. The molecule has 0 fully saturated rings. The number of pyridine rings is 1. The first-order valence-corrected chi connectivity index (χ1v) is 5.08. The lowest BCUT2D eigenvalue weighted by molar-refractivity contribution is -0.0329. The summed E-state index contributed by atoms with van der Waals surface area (Å²) in [6.07, 6.45) is 0.878. The summed E-state index contributed by atoms with van der Waals surface area (Å²) in [5.74, 6) is -0.894. The van der Waals surface area contributed by atoms with E-state index in [-0.39, 0.29) is 0 Å². The van der Waals surface area contributed by atoms with Crippen LogP contribution in [0.15, 0.2) is 17.2 Å². The van der Waals surface area contributed by atoms with Crippen molar-refractivity contribution in [3.05, 3.63) is 23.8 Å². The Balaban J connectivity index is 0.000000921. The van der Waals surface area contributed by atoms with Crippen LogP contribution >= 0.6 is 11.8 Å². The molecule has 0 N–H and O–H groups in total. The van der Waals surface area contributed by atoms with Gasteiger partial charge in [0.1, 0.15) is 5.82 Å². The SMILES string of the molecule is CC.Cc1cc(F)c(SC(F)(F)F)cn1. The first-order valence-electron chi connectivity index (χ1n) is 4.26. The number of aromatic nitrogens is 1. The van der Waals surface area contributed by atoms with Gasteiger partial charge in [-0.25, -0.2) is 4.39 Å². The summed E-state index contributed by atoms with van der Waals surface area (Å²) in [4.78, 5) is 3.06. The van der Waals surface area contributed by atoms with Crippen molar-refractivity contribution in [1.82, 2.24) is 4.98 Å². The van der Waals surface area contributed by atoms with Crippen LogP contribution in [-0.2, 0) is 0 Å². The molecule has 6 heteroatoms. The molecule has 1 aromatic heterocycles. The van der Waals surface area contributed by atoms with Gasteiger partial charge in [0.15, 0.2) is 0 Å². The molecule has 0 radical (unpaired) electrons. The Morgan fingerprint density at radius 2 is 1.80 bits per heavy atom. The number of thioether (sulfide) groups is 1. The van der Waals surface area contributed by atoms with E-state index in [1.54, 1.807) is 0 Å². The molecule has 1 rings (SSSR count). The highest BCUT2D eigenvalue weighted by Gasteiger charge is 2.30. The largest absolute Gasteiger partial charge is 0.446 e. The zero-order valence-electron chi connectivity index (χ0n) is 8.52. The minimum atomic E-state index is -4.47. The second-order valence-electron chi connectivity index (χ2n) is 2.30. The van der Waals surface area contributed by atoms with E-state index in [4.69, 9.17) is 0 Å². The van der Waals surface area contributed by atoms with E-state index in [2.05, 4.69) is 4.98 Å². The van der Waals surface area contributed by atoms with Crippen LogP contribution in [0.3, 0.4) is 0 Å². The van der Waals surface area contributed by atoms with Gasteiger partial charge < -0.3 is 0 Å². The normalized spacial score (nSPS) is 10.6. The molecule has 0 bridgehead atoms. The zero-order valence-corrected chi connectivity index (χ0v) is 9.34. The van der Waals surface area contributed by atoms with E-state index in [0.29, 0.717) is 5.69 Å². The molecule has 15 heavy (non-hydrogen) atoms. The van der Waals surface area contributed by atoms with Crippen LogP contribution in [0.4, 0.5) is 17.6 Å². The molecule has 0 aliphatic carbocycles. The van der Waals surface area contributed by atoms with Crippen molar-refractivity contribution in [3.63, 3.8) is 0 Å². The molecule has 1 heterocycles. The molecule has 1 nitrogen and oxygen atoms in total. The van der Waals surface area contributed by atoms with E-state index >= 15 is 0 Å². The molecule has 0 saturated heterocycles. The number of hydrogen-bond donors (Lipinski definition) is 0.